The number of thiophene rings is 1. The Labute approximate surface area is 114 Å². The van der Waals surface area contributed by atoms with Crippen molar-refractivity contribution in [2.75, 3.05) is 0 Å². The number of aryl methyl sites for hydroxylation is 2. The summed E-state index contributed by atoms with van der Waals surface area (Å²) in [6, 6.07) is 8.21. The summed E-state index contributed by atoms with van der Waals surface area (Å²) in [5.74, 6) is 0. The van der Waals surface area contributed by atoms with E-state index in [1.807, 2.05) is 19.1 Å². The van der Waals surface area contributed by atoms with Gasteiger partial charge in [-0.05, 0) is 43.2 Å². The number of benzene rings is 2. The second-order valence-electron chi connectivity index (χ2n) is 4.25. The van der Waals surface area contributed by atoms with E-state index in [9.17, 15) is 0 Å². The van der Waals surface area contributed by atoms with Crippen molar-refractivity contribution in [3.8, 4) is 0 Å². The molecule has 2 aromatic carbocycles. The molecule has 0 aliphatic rings. The SMILES string of the molecule is Cc1cc2c(sc3cc(Cl)ccc32)c(C)c1Cl. The van der Waals surface area contributed by atoms with Crippen LogP contribution in [0.3, 0.4) is 0 Å². The lowest BCUT2D eigenvalue weighted by Crippen LogP contribution is -1.81. The highest BCUT2D eigenvalue weighted by molar-refractivity contribution is 7.26. The average Bonchev–Trinajstić information content (AvgIpc) is 2.64. The molecule has 3 rings (SSSR count). The van der Waals surface area contributed by atoms with Gasteiger partial charge < -0.3 is 0 Å². The summed E-state index contributed by atoms with van der Waals surface area (Å²) in [5.41, 5.74) is 2.30. The monoisotopic (exact) mass is 280 g/mol. The Morgan fingerprint density at radius 1 is 1.00 bits per heavy atom. The maximum absolute atomic E-state index is 6.30. The van der Waals surface area contributed by atoms with Gasteiger partial charge in [-0.1, -0.05) is 29.3 Å². The van der Waals surface area contributed by atoms with Crippen LogP contribution >= 0.6 is 34.5 Å². The van der Waals surface area contributed by atoms with Gasteiger partial charge in [0, 0.05) is 30.2 Å². The standard InChI is InChI=1S/C14H10Cl2S/c1-7-5-11-10-4-3-9(15)6-12(10)17-14(11)8(2)13(7)16/h3-6H,1-2H3. The van der Waals surface area contributed by atoms with Crippen LogP contribution in [0.2, 0.25) is 10.0 Å². The lowest BCUT2D eigenvalue weighted by molar-refractivity contribution is 1.44. The van der Waals surface area contributed by atoms with Gasteiger partial charge in [0.05, 0.1) is 0 Å². The summed E-state index contributed by atoms with van der Waals surface area (Å²) < 4.78 is 2.48. The van der Waals surface area contributed by atoms with Crippen LogP contribution in [0.15, 0.2) is 24.3 Å². The highest BCUT2D eigenvalue weighted by Gasteiger charge is 2.11. The van der Waals surface area contributed by atoms with E-state index < -0.39 is 0 Å². The molecule has 0 spiro atoms. The van der Waals surface area contributed by atoms with E-state index in [0.717, 1.165) is 15.6 Å². The zero-order chi connectivity index (χ0) is 12.2. The second kappa shape index (κ2) is 3.88. The molecule has 0 aliphatic heterocycles. The van der Waals surface area contributed by atoms with Crippen LogP contribution in [0.25, 0.3) is 20.2 Å². The van der Waals surface area contributed by atoms with Crippen molar-refractivity contribution in [1.82, 2.24) is 0 Å². The van der Waals surface area contributed by atoms with Gasteiger partial charge in [-0.2, -0.15) is 0 Å². The maximum Gasteiger partial charge on any atom is 0.0478 e. The van der Waals surface area contributed by atoms with E-state index in [4.69, 9.17) is 23.2 Å². The zero-order valence-electron chi connectivity index (χ0n) is 9.47. The molecule has 0 nitrogen and oxygen atoms in total. The Kier molecular flexibility index (Phi) is 2.58. The molecule has 0 amide bonds. The predicted octanol–water partition coefficient (Wildman–Crippen LogP) is 5.98. The van der Waals surface area contributed by atoms with E-state index in [2.05, 4.69) is 19.1 Å². The van der Waals surface area contributed by atoms with Gasteiger partial charge in [-0.3, -0.25) is 0 Å². The molecular formula is C14H10Cl2S. The Morgan fingerprint density at radius 3 is 2.53 bits per heavy atom. The van der Waals surface area contributed by atoms with Crippen LogP contribution in [0.4, 0.5) is 0 Å². The third-order valence-corrected chi connectivity index (χ3v) is 5.17. The molecule has 0 saturated heterocycles. The van der Waals surface area contributed by atoms with Crippen molar-refractivity contribution in [2.45, 2.75) is 13.8 Å². The fraction of sp³-hybridized carbons (Fsp3) is 0.143. The van der Waals surface area contributed by atoms with Gasteiger partial charge in [0.15, 0.2) is 0 Å². The van der Waals surface area contributed by atoms with E-state index in [1.54, 1.807) is 11.3 Å². The average molecular weight is 281 g/mol. The third-order valence-electron chi connectivity index (χ3n) is 3.07. The van der Waals surface area contributed by atoms with Crippen LogP contribution in [-0.2, 0) is 0 Å². The molecule has 1 aromatic heterocycles. The maximum atomic E-state index is 6.30. The Hall–Kier alpha value is -0.760. The molecule has 0 bridgehead atoms. The van der Waals surface area contributed by atoms with Crippen molar-refractivity contribution in [3.63, 3.8) is 0 Å². The van der Waals surface area contributed by atoms with Crippen molar-refractivity contribution < 1.29 is 0 Å². The molecule has 86 valence electrons. The van der Waals surface area contributed by atoms with Gasteiger partial charge in [-0.15, -0.1) is 11.3 Å². The second-order valence-corrected chi connectivity index (χ2v) is 6.12. The van der Waals surface area contributed by atoms with E-state index in [1.165, 1.54) is 25.7 Å². The Balaban J connectivity index is 2.56. The predicted molar refractivity (Wildman–Crippen MR) is 78.8 cm³/mol. The first kappa shape index (κ1) is 11.3. The lowest BCUT2D eigenvalue weighted by atomic mass is 10.1. The van der Waals surface area contributed by atoms with Gasteiger partial charge in [-0.25, -0.2) is 0 Å². The Bertz CT molecular complexity index is 741. The van der Waals surface area contributed by atoms with Gasteiger partial charge in [0.2, 0.25) is 0 Å². The van der Waals surface area contributed by atoms with Crippen LogP contribution in [-0.4, -0.2) is 0 Å². The zero-order valence-corrected chi connectivity index (χ0v) is 11.8. The first-order valence-electron chi connectivity index (χ1n) is 5.35. The van der Waals surface area contributed by atoms with Gasteiger partial charge in [0.25, 0.3) is 0 Å². The molecule has 0 saturated carbocycles. The number of hydrogen-bond donors (Lipinski definition) is 0. The summed E-state index contributed by atoms with van der Waals surface area (Å²) in [6.07, 6.45) is 0. The minimum absolute atomic E-state index is 0.782. The van der Waals surface area contributed by atoms with Crippen molar-refractivity contribution >= 4 is 54.7 Å². The lowest BCUT2D eigenvalue weighted by Gasteiger charge is -2.03. The minimum Gasteiger partial charge on any atom is -0.135 e. The molecule has 0 aliphatic carbocycles. The van der Waals surface area contributed by atoms with Crippen LogP contribution < -0.4 is 0 Å². The molecule has 0 radical (unpaired) electrons. The first-order chi connectivity index (χ1) is 8.08. The number of rotatable bonds is 0. The first-order valence-corrected chi connectivity index (χ1v) is 6.92. The van der Waals surface area contributed by atoms with Crippen LogP contribution in [0.1, 0.15) is 11.1 Å². The summed E-state index contributed by atoms with van der Waals surface area (Å²) in [5, 5.41) is 4.19. The normalized spacial score (nSPS) is 11.5. The van der Waals surface area contributed by atoms with Crippen molar-refractivity contribution in [1.29, 1.82) is 0 Å². The molecule has 3 aromatic rings. The number of fused-ring (bicyclic) bond motifs is 3. The van der Waals surface area contributed by atoms with E-state index in [0.29, 0.717) is 0 Å². The smallest absolute Gasteiger partial charge is 0.0478 e. The van der Waals surface area contributed by atoms with Crippen LogP contribution in [0.5, 0.6) is 0 Å². The fourth-order valence-electron chi connectivity index (χ4n) is 2.19. The number of halogens is 2. The molecule has 0 fully saturated rings. The summed E-state index contributed by atoms with van der Waals surface area (Å²) in [6.45, 7) is 4.13. The summed E-state index contributed by atoms with van der Waals surface area (Å²) in [7, 11) is 0. The van der Waals surface area contributed by atoms with Crippen LogP contribution in [0, 0.1) is 13.8 Å². The highest BCUT2D eigenvalue weighted by Crippen LogP contribution is 2.40. The Morgan fingerprint density at radius 2 is 1.76 bits per heavy atom. The molecule has 0 atom stereocenters. The summed E-state index contributed by atoms with van der Waals surface area (Å²) >= 11 is 14.1. The fourth-order valence-corrected chi connectivity index (χ4v) is 3.86. The van der Waals surface area contributed by atoms with Crippen molar-refractivity contribution in [2.24, 2.45) is 0 Å². The minimum atomic E-state index is 0.782. The third kappa shape index (κ3) is 1.65. The highest BCUT2D eigenvalue weighted by atomic mass is 35.5. The molecule has 1 heterocycles. The largest absolute Gasteiger partial charge is 0.135 e. The van der Waals surface area contributed by atoms with E-state index in [-0.39, 0.29) is 0 Å². The van der Waals surface area contributed by atoms with Gasteiger partial charge >= 0.3 is 0 Å². The molecular weight excluding hydrogens is 271 g/mol. The quantitative estimate of drug-likeness (QED) is 0.475. The molecule has 0 N–H and O–H groups in total. The number of hydrogen-bond acceptors (Lipinski definition) is 1. The van der Waals surface area contributed by atoms with Gasteiger partial charge in [0.1, 0.15) is 0 Å². The van der Waals surface area contributed by atoms with E-state index >= 15 is 0 Å². The molecule has 17 heavy (non-hydrogen) atoms. The summed E-state index contributed by atoms with van der Waals surface area (Å²) in [4.78, 5) is 0. The molecule has 3 heteroatoms. The molecule has 0 unspecified atom stereocenters. The topological polar surface area (TPSA) is 0 Å². The van der Waals surface area contributed by atoms with Crippen molar-refractivity contribution in [3.05, 3.63) is 45.4 Å².